The number of amides is 1. The summed E-state index contributed by atoms with van der Waals surface area (Å²) in [4.78, 5) is 42.0. The van der Waals surface area contributed by atoms with Gasteiger partial charge in [0.05, 0.1) is 19.3 Å². The van der Waals surface area contributed by atoms with Crippen LogP contribution in [0.4, 0.5) is 0 Å². The Hall–Kier alpha value is -1.90. The van der Waals surface area contributed by atoms with E-state index in [1.54, 1.807) is 18.7 Å². The molecule has 7 nitrogen and oxygen atoms in total. The number of carbonyl (C=O) groups excluding carboxylic acids is 3. The number of halogens is 1. The standard InChI is InChI=1S/C28H42ClNO6Si/c1-8-34-25(32)28(26(33)35-9-2)21-15-20(36-37(6,7)27(3,4)5)18-30(17-19-13-11-10-12-14-19)24(31)23(29)16-22(21)28/h10-14,20-23H,8-9,15-18H2,1-7H3/t20-,21-,22-,23-/m1/s1. The number of ether oxygens (including phenoxy) is 2. The third kappa shape index (κ3) is 6.07. The molecule has 9 heteroatoms. The van der Waals surface area contributed by atoms with Crippen molar-refractivity contribution in [3.63, 3.8) is 0 Å². The maximum atomic E-state index is 13.6. The quantitative estimate of drug-likeness (QED) is 0.192. The molecule has 1 heterocycles. The minimum Gasteiger partial charge on any atom is -0.465 e. The molecule has 1 aliphatic heterocycles. The second-order valence-corrected chi connectivity index (χ2v) is 16.9. The van der Waals surface area contributed by atoms with Gasteiger partial charge in [-0.2, -0.15) is 0 Å². The van der Waals surface area contributed by atoms with E-state index in [4.69, 9.17) is 25.5 Å². The smallest absolute Gasteiger partial charge is 0.324 e. The maximum absolute atomic E-state index is 13.6. The van der Waals surface area contributed by atoms with Crippen molar-refractivity contribution in [2.24, 2.45) is 17.3 Å². The second-order valence-electron chi connectivity index (χ2n) is 11.7. The van der Waals surface area contributed by atoms with Gasteiger partial charge in [0.2, 0.25) is 5.91 Å². The molecule has 1 amide bonds. The Balaban J connectivity index is 2.01. The van der Waals surface area contributed by atoms with E-state index in [2.05, 4.69) is 33.9 Å². The number of benzene rings is 1. The molecule has 0 N–H and O–H groups in total. The molecule has 0 radical (unpaired) electrons. The Labute approximate surface area is 227 Å². The van der Waals surface area contributed by atoms with Gasteiger partial charge >= 0.3 is 11.9 Å². The lowest BCUT2D eigenvalue weighted by atomic mass is 9.97. The van der Waals surface area contributed by atoms with E-state index in [0.29, 0.717) is 19.5 Å². The molecule has 3 rings (SSSR count). The first-order valence-electron chi connectivity index (χ1n) is 13.3. The summed E-state index contributed by atoms with van der Waals surface area (Å²) in [7, 11) is -2.25. The Kier molecular flexibility index (Phi) is 9.18. The number of nitrogens with zero attached hydrogens (tertiary/aromatic N) is 1. The summed E-state index contributed by atoms with van der Waals surface area (Å²) in [6.07, 6.45) is 0.270. The highest BCUT2D eigenvalue weighted by molar-refractivity contribution is 6.74. The van der Waals surface area contributed by atoms with Crippen LogP contribution < -0.4 is 0 Å². The highest BCUT2D eigenvalue weighted by atomic mass is 35.5. The summed E-state index contributed by atoms with van der Waals surface area (Å²) in [6, 6.07) is 9.79. The van der Waals surface area contributed by atoms with Crippen LogP contribution in [0.25, 0.3) is 0 Å². The summed E-state index contributed by atoms with van der Waals surface area (Å²) < 4.78 is 17.6. The maximum Gasteiger partial charge on any atom is 0.324 e. The fraction of sp³-hybridized carbons (Fsp3) is 0.679. The van der Waals surface area contributed by atoms with E-state index in [1.165, 1.54) is 0 Å². The second kappa shape index (κ2) is 11.5. The third-order valence-electron chi connectivity index (χ3n) is 8.24. The van der Waals surface area contributed by atoms with Gasteiger partial charge in [0.25, 0.3) is 0 Å². The van der Waals surface area contributed by atoms with Crippen molar-refractivity contribution < 1.29 is 28.3 Å². The summed E-state index contributed by atoms with van der Waals surface area (Å²) in [5, 5.41) is -0.939. The van der Waals surface area contributed by atoms with E-state index in [9.17, 15) is 14.4 Å². The van der Waals surface area contributed by atoms with Crippen molar-refractivity contribution in [1.29, 1.82) is 0 Å². The molecule has 0 aromatic heterocycles. The lowest BCUT2D eigenvalue weighted by Gasteiger charge is -2.41. The average Bonchev–Trinajstić information content (AvgIpc) is 3.43. The van der Waals surface area contributed by atoms with Gasteiger partial charge in [-0.25, -0.2) is 0 Å². The molecule has 4 atom stereocenters. The summed E-state index contributed by atoms with van der Waals surface area (Å²) >= 11 is 6.72. The molecule has 0 spiro atoms. The Morgan fingerprint density at radius 3 is 2.08 bits per heavy atom. The largest absolute Gasteiger partial charge is 0.465 e. The van der Waals surface area contributed by atoms with Crippen LogP contribution in [0.2, 0.25) is 18.1 Å². The van der Waals surface area contributed by atoms with Crippen LogP contribution in [-0.2, 0) is 34.8 Å². The van der Waals surface area contributed by atoms with Crippen molar-refractivity contribution in [2.45, 2.75) is 83.6 Å². The fourth-order valence-electron chi connectivity index (χ4n) is 5.27. The Bertz CT molecular complexity index is 961. The van der Waals surface area contributed by atoms with Gasteiger partial charge in [-0.15, -0.1) is 11.6 Å². The SMILES string of the molecule is CCOC(=O)C1(C(=O)OCC)[C@@H]2C[C@@H](O[Si](C)(C)C(C)(C)C)CN(Cc3ccccc3)C(=O)[C@H](Cl)C[C@H]21. The van der Waals surface area contributed by atoms with Gasteiger partial charge in [0.15, 0.2) is 13.7 Å². The highest BCUT2D eigenvalue weighted by Crippen LogP contribution is 2.65. The number of fused-ring (bicyclic) bond motifs is 1. The molecule has 0 bridgehead atoms. The molecule has 2 fully saturated rings. The van der Waals surface area contributed by atoms with E-state index in [0.717, 1.165) is 5.56 Å². The Morgan fingerprint density at radius 1 is 1.03 bits per heavy atom. The number of hydrogen-bond donors (Lipinski definition) is 0. The first-order valence-corrected chi connectivity index (χ1v) is 16.6. The number of carbonyl (C=O) groups is 3. The zero-order chi connectivity index (χ0) is 27.6. The minimum absolute atomic E-state index is 0.0585. The number of alkyl halides is 1. The van der Waals surface area contributed by atoms with Crippen LogP contribution in [0.1, 0.15) is 53.0 Å². The lowest BCUT2D eigenvalue weighted by molar-refractivity contribution is -0.166. The summed E-state index contributed by atoms with van der Waals surface area (Å²) in [5.41, 5.74) is -0.446. The predicted molar refractivity (Wildman–Crippen MR) is 145 cm³/mol. The van der Waals surface area contributed by atoms with Crippen molar-refractivity contribution in [3.8, 4) is 0 Å². The number of esters is 2. The molecule has 0 unspecified atom stereocenters. The highest BCUT2D eigenvalue weighted by Gasteiger charge is 2.76. The number of hydrogen-bond acceptors (Lipinski definition) is 6. The van der Waals surface area contributed by atoms with Gasteiger partial charge in [-0.3, -0.25) is 14.4 Å². The third-order valence-corrected chi connectivity index (χ3v) is 13.1. The van der Waals surface area contributed by atoms with E-state index in [1.807, 2.05) is 30.3 Å². The van der Waals surface area contributed by atoms with Crippen molar-refractivity contribution in [2.75, 3.05) is 19.8 Å². The number of rotatable bonds is 8. The average molecular weight is 552 g/mol. The van der Waals surface area contributed by atoms with Gasteiger partial charge in [-0.05, 0) is 62.2 Å². The normalized spacial score (nSPS) is 25.8. The van der Waals surface area contributed by atoms with E-state index >= 15 is 0 Å². The molecule has 37 heavy (non-hydrogen) atoms. The lowest BCUT2D eigenvalue weighted by Crippen LogP contribution is -2.49. The van der Waals surface area contributed by atoms with Gasteiger partial charge < -0.3 is 18.8 Å². The first kappa shape index (κ1) is 29.6. The summed E-state index contributed by atoms with van der Waals surface area (Å²) in [6.45, 7) is 15.3. The van der Waals surface area contributed by atoms with Crippen LogP contribution in [-0.4, -0.2) is 62.3 Å². The monoisotopic (exact) mass is 551 g/mol. The van der Waals surface area contributed by atoms with Crippen molar-refractivity contribution in [1.82, 2.24) is 4.90 Å². The zero-order valence-electron chi connectivity index (χ0n) is 23.2. The topological polar surface area (TPSA) is 82.1 Å². The molecule has 2 aliphatic rings. The molecular formula is C28H42ClNO6Si. The van der Waals surface area contributed by atoms with Crippen LogP contribution in [0, 0.1) is 17.3 Å². The molecule has 1 aromatic rings. The van der Waals surface area contributed by atoms with Gasteiger partial charge in [0.1, 0.15) is 5.38 Å². The molecular weight excluding hydrogens is 510 g/mol. The van der Waals surface area contributed by atoms with Crippen molar-refractivity contribution in [3.05, 3.63) is 35.9 Å². The molecule has 1 saturated carbocycles. The van der Waals surface area contributed by atoms with Gasteiger partial charge in [0, 0.05) is 13.1 Å². The van der Waals surface area contributed by atoms with Gasteiger partial charge in [-0.1, -0.05) is 51.1 Å². The van der Waals surface area contributed by atoms with Crippen molar-refractivity contribution >= 4 is 37.8 Å². The van der Waals surface area contributed by atoms with Crippen LogP contribution in [0.3, 0.4) is 0 Å². The van der Waals surface area contributed by atoms with E-state index < -0.39 is 37.0 Å². The fourth-order valence-corrected chi connectivity index (χ4v) is 6.96. The first-order chi connectivity index (χ1) is 17.3. The van der Waals surface area contributed by atoms with Crippen LogP contribution >= 0.6 is 11.6 Å². The van der Waals surface area contributed by atoms with Crippen LogP contribution in [0.5, 0.6) is 0 Å². The molecule has 1 saturated heterocycles. The molecule has 1 aliphatic carbocycles. The Morgan fingerprint density at radius 2 is 1.57 bits per heavy atom. The van der Waals surface area contributed by atoms with Crippen LogP contribution in [0.15, 0.2) is 30.3 Å². The minimum atomic E-state index is -2.25. The predicted octanol–water partition coefficient (Wildman–Crippen LogP) is 5.17. The van der Waals surface area contributed by atoms with E-state index in [-0.39, 0.29) is 42.6 Å². The molecule has 1 aromatic carbocycles. The zero-order valence-corrected chi connectivity index (χ0v) is 25.0. The summed E-state index contributed by atoms with van der Waals surface area (Å²) in [5.74, 6) is -2.21. The molecule has 206 valence electrons.